The first-order chi connectivity index (χ1) is 21.1. The van der Waals surface area contributed by atoms with Crippen LogP contribution in [0.15, 0.2) is 60.0 Å². The summed E-state index contributed by atoms with van der Waals surface area (Å²) in [6, 6.07) is 7.24. The van der Waals surface area contributed by atoms with Crippen LogP contribution in [-0.4, -0.2) is 38.3 Å². The molecule has 6 heterocycles. The van der Waals surface area contributed by atoms with Gasteiger partial charge in [-0.1, -0.05) is 30.6 Å². The van der Waals surface area contributed by atoms with Gasteiger partial charge in [0.05, 0.1) is 11.9 Å². The molecule has 46 heavy (non-hydrogen) atoms. The first kappa shape index (κ1) is 39.7. The lowest BCUT2D eigenvalue weighted by Crippen LogP contribution is -2.41. The molecular formula is C29H30Cl5F2N6O3P. The number of halogens is 7. The number of rotatable bonds is 1. The standard InChI is InChI=1S/C10H12ClFN2O.C9H6ClFN2.C9H8N2O.CH4.Cl3OP/c1-5-3-6-7(12)10(15-2)14-9(11)8(6)13-4-5;1-5-2-6-7(11)4-13-9(10)8(6)12-3-5;1-6-4-7-2-3-10-9(12)8(7)11-5-6;;1-5(2,3)4/h3-4,7,9-10,14H,1-2H3;2-4H,1H3;2-5H,1H3,(H,10,12);1H4;. The molecule has 9 nitrogen and oxygen atoms in total. The monoisotopic (exact) mass is 754 g/mol. The van der Waals surface area contributed by atoms with Gasteiger partial charge in [0.1, 0.15) is 22.8 Å². The van der Waals surface area contributed by atoms with E-state index in [1.807, 2.05) is 32.9 Å². The molecule has 3 atom stereocenters. The molecule has 0 fully saturated rings. The molecule has 0 bridgehead atoms. The van der Waals surface area contributed by atoms with Gasteiger partial charge in [0, 0.05) is 48.2 Å². The molecule has 5 aromatic heterocycles. The first-order valence-electron chi connectivity index (χ1n) is 12.8. The Morgan fingerprint density at radius 3 is 2.11 bits per heavy atom. The highest BCUT2D eigenvalue weighted by Gasteiger charge is 2.34. The topological polar surface area (TPSA) is 123 Å². The second-order valence-electron chi connectivity index (χ2n) is 9.54. The zero-order valence-electron chi connectivity index (χ0n) is 24.0. The van der Waals surface area contributed by atoms with E-state index in [4.69, 9.17) is 27.9 Å². The number of nitrogens with zero attached hydrogens (tertiary/aromatic N) is 4. The molecule has 0 radical (unpaired) electrons. The van der Waals surface area contributed by atoms with Crippen LogP contribution < -0.4 is 10.9 Å². The van der Waals surface area contributed by atoms with Gasteiger partial charge in [-0.3, -0.25) is 29.6 Å². The number of fused-ring (bicyclic) bond motifs is 3. The Kier molecular flexibility index (Phi) is 15.2. The van der Waals surface area contributed by atoms with Crippen LogP contribution in [0.2, 0.25) is 5.15 Å². The average molecular weight is 757 g/mol. The molecule has 5 aromatic rings. The van der Waals surface area contributed by atoms with E-state index in [-0.39, 0.29) is 18.1 Å². The summed E-state index contributed by atoms with van der Waals surface area (Å²) in [6.07, 6.45) is 5.80. The van der Waals surface area contributed by atoms with Gasteiger partial charge in [0.15, 0.2) is 17.1 Å². The Morgan fingerprint density at radius 2 is 1.48 bits per heavy atom. The highest BCUT2D eigenvalue weighted by atomic mass is 36.0. The van der Waals surface area contributed by atoms with Crippen molar-refractivity contribution in [3.8, 4) is 0 Å². The SMILES string of the molecule is C.COC1NC(Cl)c2ncc(C)cc2C1F.Cc1cnc2c(=O)[nH]ccc2c1.Cc1cnc2c(Cl)ncc(F)c2c1.O=P(Cl)(Cl)Cl. The molecular weight excluding hydrogens is 727 g/mol. The summed E-state index contributed by atoms with van der Waals surface area (Å²) < 4.78 is 41.6. The molecule has 0 saturated carbocycles. The minimum absolute atomic E-state index is 0. The Hall–Kier alpha value is -2.47. The Morgan fingerprint density at radius 1 is 0.913 bits per heavy atom. The van der Waals surface area contributed by atoms with Crippen molar-refractivity contribution >= 4 is 83.9 Å². The highest BCUT2D eigenvalue weighted by Crippen LogP contribution is 2.61. The number of aromatic nitrogens is 5. The third-order valence-electron chi connectivity index (χ3n) is 5.97. The third-order valence-corrected chi connectivity index (χ3v) is 6.58. The molecule has 1 aliphatic rings. The predicted octanol–water partition coefficient (Wildman–Crippen LogP) is 9.62. The number of ether oxygens (including phenoxy) is 1. The van der Waals surface area contributed by atoms with E-state index in [0.717, 1.165) is 28.3 Å². The zero-order chi connectivity index (χ0) is 33.5. The Balaban J connectivity index is 0.000000223. The number of hydrogen-bond donors (Lipinski definition) is 2. The van der Waals surface area contributed by atoms with Crippen LogP contribution in [-0.2, 0) is 9.30 Å². The van der Waals surface area contributed by atoms with Gasteiger partial charge in [-0.2, -0.15) is 0 Å². The molecule has 0 spiro atoms. The van der Waals surface area contributed by atoms with E-state index in [1.165, 1.54) is 7.11 Å². The van der Waals surface area contributed by atoms with Crippen molar-refractivity contribution in [1.82, 2.24) is 30.2 Å². The van der Waals surface area contributed by atoms with Crippen LogP contribution in [0.25, 0.3) is 21.8 Å². The van der Waals surface area contributed by atoms with Gasteiger partial charge >= 0.3 is 5.20 Å². The van der Waals surface area contributed by atoms with Crippen molar-refractivity contribution in [3.05, 3.63) is 105 Å². The van der Waals surface area contributed by atoms with E-state index < -0.39 is 28.9 Å². The van der Waals surface area contributed by atoms with Crippen LogP contribution in [0.5, 0.6) is 0 Å². The molecule has 0 aliphatic carbocycles. The largest absolute Gasteiger partial charge is 0.363 e. The Labute approximate surface area is 288 Å². The summed E-state index contributed by atoms with van der Waals surface area (Å²) >= 11 is 25.6. The van der Waals surface area contributed by atoms with Gasteiger partial charge in [0.2, 0.25) is 0 Å². The van der Waals surface area contributed by atoms with Crippen molar-refractivity contribution in [3.63, 3.8) is 0 Å². The van der Waals surface area contributed by atoms with E-state index in [9.17, 15) is 18.1 Å². The lowest BCUT2D eigenvalue weighted by atomic mass is 10.0. The zero-order valence-corrected chi connectivity index (χ0v) is 28.7. The number of aromatic amines is 1. The maximum absolute atomic E-state index is 13.9. The molecule has 3 unspecified atom stereocenters. The molecule has 0 aromatic carbocycles. The number of methoxy groups -OCH3 is 1. The van der Waals surface area contributed by atoms with E-state index in [0.29, 0.717) is 27.7 Å². The molecule has 0 amide bonds. The van der Waals surface area contributed by atoms with E-state index in [2.05, 4.69) is 64.0 Å². The van der Waals surface area contributed by atoms with Gasteiger partial charge in [-0.15, -0.1) is 0 Å². The van der Waals surface area contributed by atoms with Crippen LogP contribution in [0.3, 0.4) is 0 Å². The van der Waals surface area contributed by atoms with Gasteiger partial charge in [0.25, 0.3) is 5.56 Å². The fourth-order valence-electron chi connectivity index (χ4n) is 4.04. The molecule has 1 aliphatic heterocycles. The number of pyridine rings is 5. The number of nitrogens with one attached hydrogen (secondary N) is 2. The maximum Gasteiger partial charge on any atom is 0.339 e. The molecule has 248 valence electrons. The molecule has 17 heteroatoms. The normalized spacial score (nSPS) is 16.8. The number of alkyl halides is 2. The van der Waals surface area contributed by atoms with Crippen molar-refractivity contribution < 1.29 is 18.1 Å². The average Bonchev–Trinajstić information content (AvgIpc) is 2.97. The fraction of sp³-hybridized carbons (Fsp3) is 0.276. The minimum atomic E-state index is -3.22. The van der Waals surface area contributed by atoms with Gasteiger partial charge in [-0.25, -0.2) is 13.8 Å². The van der Waals surface area contributed by atoms with Crippen molar-refractivity contribution in [2.24, 2.45) is 0 Å². The van der Waals surface area contributed by atoms with Crippen LogP contribution in [0, 0.1) is 26.6 Å². The van der Waals surface area contributed by atoms with E-state index in [1.54, 1.807) is 36.9 Å². The second kappa shape index (κ2) is 17.6. The smallest absolute Gasteiger partial charge is 0.339 e. The summed E-state index contributed by atoms with van der Waals surface area (Å²) in [4.78, 5) is 29.6. The summed E-state index contributed by atoms with van der Waals surface area (Å²) in [7, 11) is 1.45. The van der Waals surface area contributed by atoms with Crippen molar-refractivity contribution in [2.45, 2.75) is 46.1 Å². The number of H-pyrrole nitrogens is 1. The van der Waals surface area contributed by atoms with Crippen molar-refractivity contribution in [1.29, 1.82) is 0 Å². The predicted molar refractivity (Wildman–Crippen MR) is 184 cm³/mol. The summed E-state index contributed by atoms with van der Waals surface area (Å²) in [5, 5.41) is 1.11. The van der Waals surface area contributed by atoms with Gasteiger partial charge in [-0.05, 0) is 95.4 Å². The van der Waals surface area contributed by atoms with Crippen LogP contribution in [0.1, 0.15) is 47.0 Å². The summed E-state index contributed by atoms with van der Waals surface area (Å²) in [5.41, 5.74) is 4.21. The van der Waals surface area contributed by atoms with E-state index >= 15 is 0 Å². The fourth-order valence-corrected chi connectivity index (χ4v) is 4.54. The molecule has 6 rings (SSSR count). The quantitative estimate of drug-likeness (QED) is 0.0751. The van der Waals surface area contributed by atoms with Crippen LogP contribution >= 0.6 is 62.1 Å². The number of aryl methyl sites for hydroxylation is 3. The lowest BCUT2D eigenvalue weighted by Gasteiger charge is -2.31. The first-order valence-corrected chi connectivity index (χ1v) is 18.1. The molecule has 2 N–H and O–H groups in total. The lowest BCUT2D eigenvalue weighted by molar-refractivity contribution is -0.00375. The summed E-state index contributed by atoms with van der Waals surface area (Å²) in [6.45, 7) is 5.67. The van der Waals surface area contributed by atoms with Crippen LogP contribution in [0.4, 0.5) is 8.78 Å². The minimum Gasteiger partial charge on any atom is -0.363 e. The molecule has 0 saturated heterocycles. The van der Waals surface area contributed by atoms with Crippen molar-refractivity contribution in [2.75, 3.05) is 7.11 Å². The van der Waals surface area contributed by atoms with Gasteiger partial charge < -0.3 is 9.72 Å². The Bertz CT molecular complexity index is 1890. The summed E-state index contributed by atoms with van der Waals surface area (Å²) in [5.74, 6) is -0.393. The highest BCUT2D eigenvalue weighted by molar-refractivity contribution is 8.24. The maximum atomic E-state index is 13.9. The second-order valence-corrected chi connectivity index (χ2v) is 17.0. The number of hydrogen-bond acceptors (Lipinski definition) is 8. The third kappa shape index (κ3) is 11.3.